The topological polar surface area (TPSA) is 9.23 Å². The van der Waals surface area contributed by atoms with Crippen LogP contribution < -0.4 is 20.7 Å². The van der Waals surface area contributed by atoms with Crippen LogP contribution in [0.5, 0.6) is 11.5 Å². The van der Waals surface area contributed by atoms with Crippen molar-refractivity contribution in [3.63, 3.8) is 0 Å². The maximum absolute atomic E-state index is 6.90. The second kappa shape index (κ2) is 11.9. The number of benzene rings is 6. The van der Waals surface area contributed by atoms with Crippen molar-refractivity contribution in [1.29, 1.82) is 0 Å². The molecule has 0 spiro atoms. The zero-order chi connectivity index (χ0) is 26.3. The van der Waals surface area contributed by atoms with E-state index in [9.17, 15) is 0 Å². The Morgan fingerprint density at radius 1 is 0.385 bits per heavy atom. The Morgan fingerprint density at radius 2 is 0.795 bits per heavy atom. The Hall–Kier alpha value is -4.45. The molecular weight excluding hydrogens is 491 g/mol. The molecule has 0 atom stereocenters. The summed E-state index contributed by atoms with van der Waals surface area (Å²) >= 11 is 0. The van der Waals surface area contributed by atoms with E-state index in [0.29, 0.717) is 0 Å². The Kier molecular flexibility index (Phi) is 7.62. The van der Waals surface area contributed by atoms with Gasteiger partial charge in [0.15, 0.2) is 0 Å². The van der Waals surface area contributed by atoms with Gasteiger partial charge < -0.3 is 4.74 Å². The van der Waals surface area contributed by atoms with E-state index >= 15 is 0 Å². The number of hydrogen-bond donors (Lipinski definition) is 0. The summed E-state index contributed by atoms with van der Waals surface area (Å²) in [6.45, 7) is 0. The third-order valence-electron chi connectivity index (χ3n) is 6.85. The van der Waals surface area contributed by atoms with Crippen LogP contribution >= 0.6 is 7.92 Å². The standard InChI is InChI=1S/C37H29OP/c1-5-17-29(18-6-1)37(30-19-7-2-8-20-30)33-25-13-14-26-34(33)38-35-27-15-16-28-36(35)39(31-21-9-3-10-22-31)32-23-11-4-12-24-32/h1-28,37H. The third kappa shape index (κ3) is 5.55. The molecule has 6 rings (SSSR count). The molecule has 0 aliphatic carbocycles. The first kappa shape index (κ1) is 24.9. The Bertz CT molecular complexity index is 1410. The molecule has 0 unspecified atom stereocenters. The highest BCUT2D eigenvalue weighted by atomic mass is 31.1. The van der Waals surface area contributed by atoms with Crippen LogP contribution in [0.4, 0.5) is 0 Å². The van der Waals surface area contributed by atoms with E-state index in [1.807, 2.05) is 0 Å². The highest BCUT2D eigenvalue weighted by Crippen LogP contribution is 2.41. The minimum atomic E-state index is -0.801. The molecule has 0 heterocycles. The van der Waals surface area contributed by atoms with Gasteiger partial charge in [-0.3, -0.25) is 0 Å². The molecule has 6 aromatic carbocycles. The van der Waals surface area contributed by atoms with E-state index in [1.54, 1.807) is 0 Å². The quantitative estimate of drug-likeness (QED) is 0.145. The molecule has 0 aliphatic heterocycles. The molecule has 188 valence electrons. The van der Waals surface area contributed by atoms with Crippen molar-refractivity contribution in [2.45, 2.75) is 5.92 Å². The molecule has 0 saturated carbocycles. The van der Waals surface area contributed by atoms with Crippen molar-refractivity contribution in [3.8, 4) is 11.5 Å². The second-order valence-corrected chi connectivity index (χ2v) is 11.6. The SMILES string of the molecule is c1ccc(C(c2ccccc2)c2ccccc2Oc2ccccc2P(c2ccccc2)c2ccccc2)cc1. The van der Waals surface area contributed by atoms with Gasteiger partial charge in [-0.2, -0.15) is 0 Å². The number of hydrogen-bond acceptors (Lipinski definition) is 1. The molecule has 39 heavy (non-hydrogen) atoms. The van der Waals surface area contributed by atoms with E-state index in [0.717, 1.165) is 17.1 Å². The third-order valence-corrected chi connectivity index (χ3v) is 9.33. The van der Waals surface area contributed by atoms with Gasteiger partial charge in [0.05, 0.1) is 0 Å². The fourth-order valence-corrected chi connectivity index (χ4v) is 7.45. The van der Waals surface area contributed by atoms with Gasteiger partial charge in [-0.1, -0.05) is 158 Å². The summed E-state index contributed by atoms with van der Waals surface area (Å²) in [5.41, 5.74) is 3.63. The molecule has 0 N–H and O–H groups in total. The van der Waals surface area contributed by atoms with Crippen LogP contribution in [-0.2, 0) is 0 Å². The molecule has 1 nitrogen and oxygen atoms in total. The summed E-state index contributed by atoms with van der Waals surface area (Å²) < 4.78 is 6.90. The van der Waals surface area contributed by atoms with Gasteiger partial charge in [-0.15, -0.1) is 0 Å². The predicted octanol–water partition coefficient (Wildman–Crippen LogP) is 8.42. The lowest BCUT2D eigenvalue weighted by Crippen LogP contribution is -2.21. The maximum atomic E-state index is 6.90. The number of para-hydroxylation sites is 2. The minimum absolute atomic E-state index is 0.0560. The van der Waals surface area contributed by atoms with Crippen molar-refractivity contribution < 1.29 is 4.74 Å². The lowest BCUT2D eigenvalue weighted by Gasteiger charge is -2.25. The van der Waals surface area contributed by atoms with E-state index < -0.39 is 7.92 Å². The average Bonchev–Trinajstić information content (AvgIpc) is 3.01. The van der Waals surface area contributed by atoms with Crippen molar-refractivity contribution in [2.24, 2.45) is 0 Å². The van der Waals surface area contributed by atoms with Crippen LogP contribution in [0, 0.1) is 0 Å². The summed E-state index contributed by atoms with van der Waals surface area (Å²) in [6.07, 6.45) is 0. The molecular formula is C37H29OP. The van der Waals surface area contributed by atoms with Crippen LogP contribution in [0.3, 0.4) is 0 Å². The van der Waals surface area contributed by atoms with Gasteiger partial charge in [-0.25, -0.2) is 0 Å². The van der Waals surface area contributed by atoms with E-state index in [4.69, 9.17) is 4.74 Å². The molecule has 0 fully saturated rings. The van der Waals surface area contributed by atoms with Gasteiger partial charge in [0.2, 0.25) is 0 Å². The Balaban J connectivity index is 1.46. The van der Waals surface area contributed by atoms with Crippen LogP contribution in [-0.4, -0.2) is 0 Å². The lowest BCUT2D eigenvalue weighted by molar-refractivity contribution is 0.479. The Labute approximate surface area is 232 Å². The van der Waals surface area contributed by atoms with Crippen LogP contribution in [0.25, 0.3) is 0 Å². The Morgan fingerprint density at radius 3 is 1.33 bits per heavy atom. The fourth-order valence-electron chi connectivity index (χ4n) is 5.08. The molecule has 6 aromatic rings. The van der Waals surface area contributed by atoms with E-state index in [-0.39, 0.29) is 5.92 Å². The molecule has 0 radical (unpaired) electrons. The first-order chi connectivity index (χ1) is 19.4. The molecule has 2 heteroatoms. The largest absolute Gasteiger partial charge is 0.456 e. The highest BCUT2D eigenvalue weighted by molar-refractivity contribution is 7.80. The predicted molar refractivity (Wildman–Crippen MR) is 165 cm³/mol. The summed E-state index contributed by atoms with van der Waals surface area (Å²) in [5, 5.41) is 3.81. The van der Waals surface area contributed by atoms with E-state index in [1.165, 1.54) is 27.0 Å². The van der Waals surface area contributed by atoms with Crippen LogP contribution in [0.1, 0.15) is 22.6 Å². The highest BCUT2D eigenvalue weighted by Gasteiger charge is 2.23. The fraction of sp³-hybridized carbons (Fsp3) is 0.0270. The smallest absolute Gasteiger partial charge is 0.135 e. The van der Waals surface area contributed by atoms with Crippen molar-refractivity contribution in [2.75, 3.05) is 0 Å². The average molecular weight is 521 g/mol. The van der Waals surface area contributed by atoms with E-state index in [2.05, 4.69) is 170 Å². The minimum Gasteiger partial charge on any atom is -0.456 e. The first-order valence-corrected chi connectivity index (χ1v) is 14.6. The summed E-state index contributed by atoms with van der Waals surface area (Å²) in [5.74, 6) is 1.82. The molecule has 0 amide bonds. The number of rotatable bonds is 8. The van der Waals surface area contributed by atoms with Crippen LogP contribution in [0.2, 0.25) is 0 Å². The zero-order valence-electron chi connectivity index (χ0n) is 21.6. The molecule has 0 bridgehead atoms. The van der Waals surface area contributed by atoms with Gasteiger partial charge in [0, 0.05) is 16.8 Å². The van der Waals surface area contributed by atoms with Gasteiger partial charge in [-0.05, 0) is 41.8 Å². The second-order valence-electron chi connectivity index (χ2n) is 9.37. The number of ether oxygens (including phenoxy) is 1. The lowest BCUT2D eigenvalue weighted by atomic mass is 9.85. The summed E-state index contributed by atoms with van der Waals surface area (Å²) in [4.78, 5) is 0. The monoisotopic (exact) mass is 520 g/mol. The van der Waals surface area contributed by atoms with Crippen molar-refractivity contribution >= 4 is 23.8 Å². The summed E-state index contributed by atoms with van der Waals surface area (Å²) in [6, 6.07) is 59.9. The van der Waals surface area contributed by atoms with Crippen LogP contribution in [0.15, 0.2) is 170 Å². The van der Waals surface area contributed by atoms with Gasteiger partial charge in [0.1, 0.15) is 11.5 Å². The molecule has 0 aromatic heterocycles. The molecule has 0 saturated heterocycles. The molecule has 0 aliphatic rings. The zero-order valence-corrected chi connectivity index (χ0v) is 22.5. The van der Waals surface area contributed by atoms with Crippen molar-refractivity contribution in [3.05, 3.63) is 187 Å². The summed E-state index contributed by atoms with van der Waals surface area (Å²) in [7, 11) is -0.801. The normalized spacial score (nSPS) is 11.0. The first-order valence-electron chi connectivity index (χ1n) is 13.2. The van der Waals surface area contributed by atoms with Crippen molar-refractivity contribution in [1.82, 2.24) is 0 Å². The van der Waals surface area contributed by atoms with Gasteiger partial charge >= 0.3 is 0 Å². The van der Waals surface area contributed by atoms with Gasteiger partial charge in [0.25, 0.3) is 0 Å². The maximum Gasteiger partial charge on any atom is 0.135 e.